The van der Waals surface area contributed by atoms with E-state index in [0.29, 0.717) is 0 Å². The molecule has 20 heavy (non-hydrogen) atoms. The molecule has 0 fully saturated rings. The summed E-state index contributed by atoms with van der Waals surface area (Å²) in [5, 5.41) is 11.9. The Morgan fingerprint density at radius 3 is 2.40 bits per heavy atom. The van der Waals surface area contributed by atoms with Crippen LogP contribution in [0.2, 0.25) is 0 Å². The summed E-state index contributed by atoms with van der Waals surface area (Å²) >= 11 is 0. The van der Waals surface area contributed by atoms with Crippen molar-refractivity contribution >= 4 is 11.9 Å². The highest BCUT2D eigenvalue weighted by atomic mass is 16.5. The summed E-state index contributed by atoms with van der Waals surface area (Å²) in [5.74, 6) is -1.16. The van der Waals surface area contributed by atoms with Crippen molar-refractivity contribution < 1.29 is 19.4 Å². The number of carboxylic acid groups (broad SMARTS) is 1. The van der Waals surface area contributed by atoms with E-state index in [0.717, 1.165) is 5.56 Å². The lowest BCUT2D eigenvalue weighted by molar-refractivity contribution is -0.128. The number of carboxylic acids is 1. The van der Waals surface area contributed by atoms with E-state index >= 15 is 0 Å². The lowest BCUT2D eigenvalue weighted by atomic mass is 10.1. The number of aryl methyl sites for hydroxylation is 1. The van der Waals surface area contributed by atoms with Crippen LogP contribution in [0.4, 0.5) is 0 Å². The third-order valence-electron chi connectivity index (χ3n) is 2.54. The van der Waals surface area contributed by atoms with Crippen molar-refractivity contribution in [1.82, 2.24) is 5.32 Å². The van der Waals surface area contributed by atoms with Crippen molar-refractivity contribution in [2.75, 3.05) is 0 Å². The Kier molecular flexibility index (Phi) is 4.76. The highest BCUT2D eigenvalue weighted by molar-refractivity contribution is 5.91. The molecule has 1 amide bonds. The molecule has 2 N–H and O–H groups in total. The fraction of sp³-hybridized carbons (Fsp3) is 0.467. The number of benzene rings is 1. The van der Waals surface area contributed by atoms with Crippen molar-refractivity contribution in [3.63, 3.8) is 0 Å². The van der Waals surface area contributed by atoms with Gasteiger partial charge in [0.2, 0.25) is 0 Å². The van der Waals surface area contributed by atoms with Gasteiger partial charge in [-0.25, -0.2) is 4.79 Å². The van der Waals surface area contributed by atoms with Gasteiger partial charge in [0.15, 0.2) is 6.10 Å². The van der Waals surface area contributed by atoms with E-state index < -0.39 is 12.1 Å². The summed E-state index contributed by atoms with van der Waals surface area (Å²) in [6.45, 7) is 9.03. The Balaban J connectivity index is 2.90. The lowest BCUT2D eigenvalue weighted by Crippen LogP contribution is -2.46. The van der Waals surface area contributed by atoms with Crippen molar-refractivity contribution in [1.29, 1.82) is 0 Å². The van der Waals surface area contributed by atoms with Gasteiger partial charge in [0.05, 0.1) is 0 Å². The standard InChI is InChI=1S/C15H21NO4/c1-9-6-7-11(14(18)19)12(8-9)20-10(2)13(17)16-15(3,4)5/h6-8,10H,1-5H3,(H,16,17)(H,18,19). The lowest BCUT2D eigenvalue weighted by Gasteiger charge is -2.24. The molecule has 0 bridgehead atoms. The number of hydrogen-bond donors (Lipinski definition) is 2. The van der Waals surface area contributed by atoms with E-state index in [2.05, 4.69) is 5.32 Å². The fourth-order valence-corrected chi connectivity index (χ4v) is 1.62. The first-order valence-electron chi connectivity index (χ1n) is 6.43. The average Bonchev–Trinajstić information content (AvgIpc) is 2.26. The average molecular weight is 279 g/mol. The molecular weight excluding hydrogens is 258 g/mol. The van der Waals surface area contributed by atoms with E-state index in [1.165, 1.54) is 6.07 Å². The molecule has 5 nitrogen and oxygen atoms in total. The maximum absolute atomic E-state index is 11.9. The first-order chi connectivity index (χ1) is 9.10. The summed E-state index contributed by atoms with van der Waals surface area (Å²) in [7, 11) is 0. The Labute approximate surface area is 118 Å². The van der Waals surface area contributed by atoms with Gasteiger partial charge in [0.25, 0.3) is 5.91 Å². The molecule has 110 valence electrons. The molecule has 1 aromatic rings. The van der Waals surface area contributed by atoms with Crippen LogP contribution in [0.15, 0.2) is 18.2 Å². The maximum atomic E-state index is 11.9. The number of carbonyl (C=O) groups is 2. The van der Waals surface area contributed by atoms with Crippen molar-refractivity contribution in [3.05, 3.63) is 29.3 Å². The van der Waals surface area contributed by atoms with Crippen molar-refractivity contribution in [2.24, 2.45) is 0 Å². The Morgan fingerprint density at radius 2 is 1.90 bits per heavy atom. The summed E-state index contributed by atoms with van der Waals surface area (Å²) in [6.07, 6.45) is -0.769. The maximum Gasteiger partial charge on any atom is 0.339 e. The molecule has 1 unspecified atom stereocenters. The Morgan fingerprint density at radius 1 is 1.30 bits per heavy atom. The molecule has 5 heteroatoms. The van der Waals surface area contributed by atoms with Gasteiger partial charge in [-0.3, -0.25) is 4.79 Å². The molecule has 1 aromatic carbocycles. The first-order valence-corrected chi connectivity index (χ1v) is 6.43. The molecule has 0 aliphatic carbocycles. The molecule has 0 radical (unpaired) electrons. The van der Waals surface area contributed by atoms with E-state index in [-0.39, 0.29) is 22.8 Å². The smallest absolute Gasteiger partial charge is 0.339 e. The molecule has 0 saturated carbocycles. The summed E-state index contributed by atoms with van der Waals surface area (Å²) in [5.41, 5.74) is 0.552. The Bertz CT molecular complexity index is 517. The van der Waals surface area contributed by atoms with Gasteiger partial charge in [0.1, 0.15) is 11.3 Å². The molecule has 0 aliphatic heterocycles. The van der Waals surface area contributed by atoms with E-state index in [4.69, 9.17) is 9.84 Å². The molecule has 0 aromatic heterocycles. The molecule has 0 heterocycles. The molecule has 1 atom stereocenters. The Hall–Kier alpha value is -2.04. The van der Waals surface area contributed by atoms with Gasteiger partial charge in [-0.1, -0.05) is 6.07 Å². The second-order valence-electron chi connectivity index (χ2n) is 5.80. The predicted molar refractivity (Wildman–Crippen MR) is 76.1 cm³/mol. The highest BCUT2D eigenvalue weighted by Gasteiger charge is 2.22. The topological polar surface area (TPSA) is 75.6 Å². The quantitative estimate of drug-likeness (QED) is 0.887. The molecular formula is C15H21NO4. The SMILES string of the molecule is Cc1ccc(C(=O)O)c(OC(C)C(=O)NC(C)(C)C)c1. The second-order valence-corrected chi connectivity index (χ2v) is 5.80. The predicted octanol–water partition coefficient (Wildman–Crippen LogP) is 2.38. The zero-order valence-electron chi connectivity index (χ0n) is 12.5. The number of amides is 1. The zero-order valence-corrected chi connectivity index (χ0v) is 12.5. The van der Waals surface area contributed by atoms with E-state index in [1.807, 2.05) is 27.7 Å². The number of carbonyl (C=O) groups excluding carboxylic acids is 1. The van der Waals surface area contributed by atoms with Gasteiger partial charge in [-0.15, -0.1) is 0 Å². The summed E-state index contributed by atoms with van der Waals surface area (Å²) < 4.78 is 5.50. The van der Waals surface area contributed by atoms with Crippen LogP contribution in [0.1, 0.15) is 43.6 Å². The van der Waals surface area contributed by atoms with Gasteiger partial charge < -0.3 is 15.2 Å². The number of hydrogen-bond acceptors (Lipinski definition) is 3. The first kappa shape index (κ1) is 16.0. The van der Waals surface area contributed by atoms with Crippen LogP contribution in [0, 0.1) is 6.92 Å². The van der Waals surface area contributed by atoms with Gasteiger partial charge in [0, 0.05) is 5.54 Å². The number of ether oxygens (including phenoxy) is 1. The molecule has 0 aliphatic rings. The second kappa shape index (κ2) is 5.94. The van der Waals surface area contributed by atoms with Gasteiger partial charge in [-0.05, 0) is 52.3 Å². The normalized spacial score (nSPS) is 12.7. The van der Waals surface area contributed by atoms with Crippen LogP contribution in [0.25, 0.3) is 0 Å². The number of nitrogens with one attached hydrogen (secondary N) is 1. The summed E-state index contributed by atoms with van der Waals surface area (Å²) in [6, 6.07) is 4.78. The van der Waals surface area contributed by atoms with Gasteiger partial charge in [-0.2, -0.15) is 0 Å². The van der Waals surface area contributed by atoms with Crippen LogP contribution in [-0.2, 0) is 4.79 Å². The minimum absolute atomic E-state index is 0.0472. The minimum atomic E-state index is -1.08. The van der Waals surface area contributed by atoms with E-state index in [1.54, 1.807) is 19.1 Å². The van der Waals surface area contributed by atoms with Crippen molar-refractivity contribution in [3.8, 4) is 5.75 Å². The van der Waals surface area contributed by atoms with Crippen LogP contribution in [0.5, 0.6) is 5.75 Å². The fourth-order valence-electron chi connectivity index (χ4n) is 1.62. The zero-order chi connectivity index (χ0) is 15.5. The van der Waals surface area contributed by atoms with Gasteiger partial charge >= 0.3 is 5.97 Å². The number of aromatic carboxylic acids is 1. The highest BCUT2D eigenvalue weighted by Crippen LogP contribution is 2.21. The van der Waals surface area contributed by atoms with Crippen LogP contribution in [-0.4, -0.2) is 28.6 Å². The van der Waals surface area contributed by atoms with Crippen LogP contribution >= 0.6 is 0 Å². The third kappa shape index (κ3) is 4.57. The number of rotatable bonds is 4. The van der Waals surface area contributed by atoms with Crippen LogP contribution < -0.4 is 10.1 Å². The minimum Gasteiger partial charge on any atom is -0.480 e. The van der Waals surface area contributed by atoms with Crippen LogP contribution in [0.3, 0.4) is 0 Å². The third-order valence-corrected chi connectivity index (χ3v) is 2.54. The summed E-state index contributed by atoms with van der Waals surface area (Å²) in [4.78, 5) is 23.1. The molecule has 1 rings (SSSR count). The molecule has 0 spiro atoms. The molecule has 0 saturated heterocycles. The monoisotopic (exact) mass is 279 g/mol. The van der Waals surface area contributed by atoms with E-state index in [9.17, 15) is 9.59 Å². The van der Waals surface area contributed by atoms with Crippen molar-refractivity contribution in [2.45, 2.75) is 46.3 Å². The largest absolute Gasteiger partial charge is 0.480 e.